The Kier molecular flexibility index (Phi) is 18.8. The van der Waals surface area contributed by atoms with Crippen molar-refractivity contribution in [2.45, 2.75) is 123 Å². The molecule has 0 heterocycles. The van der Waals surface area contributed by atoms with Gasteiger partial charge in [-0.25, -0.2) is 0 Å². The van der Waals surface area contributed by atoms with Crippen molar-refractivity contribution in [3.63, 3.8) is 0 Å². The number of hydrogen-bond donors (Lipinski definition) is 1. The van der Waals surface area contributed by atoms with Gasteiger partial charge in [-0.2, -0.15) is 0 Å². The molecule has 0 aromatic carbocycles. The van der Waals surface area contributed by atoms with Crippen molar-refractivity contribution in [3.8, 4) is 0 Å². The van der Waals surface area contributed by atoms with E-state index in [1.165, 1.54) is 77.0 Å². The van der Waals surface area contributed by atoms with E-state index in [9.17, 15) is 9.59 Å². The largest absolute Gasteiger partial charge is 0.356 e. The van der Waals surface area contributed by atoms with Crippen LogP contribution in [0.25, 0.3) is 0 Å². The van der Waals surface area contributed by atoms with Gasteiger partial charge in [-0.1, -0.05) is 84.0 Å². The molecular weight excluding hydrogens is 310 g/mol. The van der Waals surface area contributed by atoms with Crippen molar-refractivity contribution < 1.29 is 9.59 Å². The Balaban J connectivity index is 3.07. The molecule has 1 amide bonds. The first-order valence-corrected chi connectivity index (χ1v) is 10.9. The monoisotopic (exact) mass is 353 g/mol. The third-order valence-electron chi connectivity index (χ3n) is 4.75. The van der Waals surface area contributed by atoms with Gasteiger partial charge in [0.25, 0.3) is 0 Å². The number of nitrogens with one attached hydrogen (secondary N) is 1. The molecule has 0 atom stereocenters. The lowest BCUT2D eigenvalue weighted by molar-refractivity contribution is -0.121. The molecule has 0 rings (SSSR count). The van der Waals surface area contributed by atoms with E-state index < -0.39 is 0 Å². The van der Waals surface area contributed by atoms with Crippen molar-refractivity contribution in [1.82, 2.24) is 5.32 Å². The van der Waals surface area contributed by atoms with Gasteiger partial charge < -0.3 is 10.1 Å². The molecule has 0 saturated heterocycles. The standard InChI is InChI=1S/C22H43NO2/c1-3-20-23-22(25)19-17-15-13-11-9-7-5-4-6-8-10-12-14-16-18-21(2)24/h3-20H2,1-2H3,(H,23,25). The van der Waals surface area contributed by atoms with Crippen LogP contribution in [0.1, 0.15) is 123 Å². The molecule has 0 radical (unpaired) electrons. The molecule has 0 saturated carbocycles. The lowest BCUT2D eigenvalue weighted by Crippen LogP contribution is -2.23. The summed E-state index contributed by atoms with van der Waals surface area (Å²) in [4.78, 5) is 22.3. The highest BCUT2D eigenvalue weighted by Crippen LogP contribution is 2.13. The second kappa shape index (κ2) is 19.5. The second-order valence-corrected chi connectivity index (χ2v) is 7.50. The molecule has 0 aromatic rings. The predicted molar refractivity (Wildman–Crippen MR) is 108 cm³/mol. The lowest BCUT2D eigenvalue weighted by atomic mass is 10.0. The molecule has 0 fully saturated rings. The fourth-order valence-corrected chi connectivity index (χ4v) is 3.13. The minimum absolute atomic E-state index is 0.223. The van der Waals surface area contributed by atoms with E-state index in [2.05, 4.69) is 12.2 Å². The van der Waals surface area contributed by atoms with Gasteiger partial charge in [-0.05, 0) is 26.2 Å². The van der Waals surface area contributed by atoms with Crippen LogP contribution in [0.5, 0.6) is 0 Å². The predicted octanol–water partition coefficient (Wildman–Crippen LogP) is 6.34. The number of rotatable bonds is 19. The van der Waals surface area contributed by atoms with Crippen LogP contribution in [0.2, 0.25) is 0 Å². The van der Waals surface area contributed by atoms with Crippen LogP contribution in [0.3, 0.4) is 0 Å². The number of unbranched alkanes of at least 4 members (excludes halogenated alkanes) is 13. The summed E-state index contributed by atoms with van der Waals surface area (Å²) in [6, 6.07) is 0. The zero-order chi connectivity index (χ0) is 18.6. The Hall–Kier alpha value is -0.860. The van der Waals surface area contributed by atoms with E-state index in [0.717, 1.165) is 32.2 Å². The Morgan fingerprint density at radius 3 is 1.32 bits per heavy atom. The summed E-state index contributed by atoms with van der Waals surface area (Å²) in [6.07, 6.45) is 20.5. The van der Waals surface area contributed by atoms with Crippen LogP contribution >= 0.6 is 0 Å². The van der Waals surface area contributed by atoms with Gasteiger partial charge in [0.05, 0.1) is 0 Å². The highest BCUT2D eigenvalue weighted by Gasteiger charge is 1.99. The normalized spacial score (nSPS) is 10.8. The van der Waals surface area contributed by atoms with E-state index in [1.807, 2.05) is 0 Å². The first kappa shape index (κ1) is 24.1. The molecule has 0 unspecified atom stereocenters. The molecule has 25 heavy (non-hydrogen) atoms. The molecule has 0 bridgehead atoms. The molecule has 3 nitrogen and oxygen atoms in total. The van der Waals surface area contributed by atoms with Crippen molar-refractivity contribution in [3.05, 3.63) is 0 Å². The van der Waals surface area contributed by atoms with Gasteiger partial charge in [-0.15, -0.1) is 0 Å². The molecule has 0 aliphatic heterocycles. The van der Waals surface area contributed by atoms with Crippen LogP contribution in [0.15, 0.2) is 0 Å². The first-order chi connectivity index (χ1) is 12.2. The number of ketones is 1. The van der Waals surface area contributed by atoms with E-state index in [-0.39, 0.29) is 5.91 Å². The smallest absolute Gasteiger partial charge is 0.219 e. The molecule has 0 spiro atoms. The fraction of sp³-hybridized carbons (Fsp3) is 0.909. The minimum Gasteiger partial charge on any atom is -0.356 e. The van der Waals surface area contributed by atoms with Crippen molar-refractivity contribution in [1.29, 1.82) is 0 Å². The summed E-state index contributed by atoms with van der Waals surface area (Å²) in [7, 11) is 0. The van der Waals surface area contributed by atoms with Crippen molar-refractivity contribution in [2.75, 3.05) is 6.54 Å². The molecule has 0 aliphatic carbocycles. The first-order valence-electron chi connectivity index (χ1n) is 10.9. The molecule has 1 N–H and O–H groups in total. The van der Waals surface area contributed by atoms with E-state index in [1.54, 1.807) is 6.92 Å². The van der Waals surface area contributed by atoms with Gasteiger partial charge in [0.15, 0.2) is 0 Å². The quantitative estimate of drug-likeness (QED) is 0.275. The summed E-state index contributed by atoms with van der Waals surface area (Å²) < 4.78 is 0. The van der Waals surface area contributed by atoms with Crippen LogP contribution in [0.4, 0.5) is 0 Å². The number of hydrogen-bond acceptors (Lipinski definition) is 2. The summed E-state index contributed by atoms with van der Waals surface area (Å²) in [5, 5.41) is 2.93. The third-order valence-corrected chi connectivity index (χ3v) is 4.75. The topological polar surface area (TPSA) is 46.2 Å². The summed E-state index contributed by atoms with van der Waals surface area (Å²) in [6.45, 7) is 4.59. The maximum Gasteiger partial charge on any atom is 0.219 e. The summed E-state index contributed by atoms with van der Waals surface area (Å²) in [5.41, 5.74) is 0. The SMILES string of the molecule is CCCNC(=O)CCCCCCCCCCCCCCCCC(C)=O. The zero-order valence-electron chi connectivity index (χ0n) is 17.0. The summed E-state index contributed by atoms with van der Waals surface area (Å²) >= 11 is 0. The maximum absolute atomic E-state index is 11.4. The van der Waals surface area contributed by atoms with Crippen LogP contribution in [-0.4, -0.2) is 18.2 Å². The molecule has 3 heteroatoms. The van der Waals surface area contributed by atoms with Gasteiger partial charge in [0.1, 0.15) is 5.78 Å². The third kappa shape index (κ3) is 21.1. The highest BCUT2D eigenvalue weighted by molar-refractivity contribution is 5.75. The van der Waals surface area contributed by atoms with Gasteiger partial charge in [0.2, 0.25) is 5.91 Å². The molecule has 0 aromatic heterocycles. The molecule has 148 valence electrons. The fourth-order valence-electron chi connectivity index (χ4n) is 3.13. The number of carbonyl (C=O) groups excluding carboxylic acids is 2. The number of amides is 1. The molecule has 0 aliphatic rings. The lowest BCUT2D eigenvalue weighted by Gasteiger charge is -2.04. The Bertz CT molecular complexity index is 315. The molecular formula is C22H43NO2. The zero-order valence-corrected chi connectivity index (χ0v) is 17.0. The average molecular weight is 354 g/mol. The van der Waals surface area contributed by atoms with E-state index >= 15 is 0 Å². The second-order valence-electron chi connectivity index (χ2n) is 7.50. The Labute approximate surface area is 156 Å². The van der Waals surface area contributed by atoms with Gasteiger partial charge in [-0.3, -0.25) is 4.79 Å². The number of Topliss-reactive ketones (excluding diaryl/α,β-unsaturated/α-hetero) is 1. The van der Waals surface area contributed by atoms with Crippen LogP contribution in [0, 0.1) is 0 Å². The maximum atomic E-state index is 11.4. The Morgan fingerprint density at radius 2 is 0.960 bits per heavy atom. The van der Waals surface area contributed by atoms with Crippen LogP contribution < -0.4 is 5.32 Å². The van der Waals surface area contributed by atoms with Gasteiger partial charge >= 0.3 is 0 Å². The van der Waals surface area contributed by atoms with E-state index in [0.29, 0.717) is 12.2 Å². The van der Waals surface area contributed by atoms with Crippen molar-refractivity contribution in [2.24, 2.45) is 0 Å². The van der Waals surface area contributed by atoms with Crippen LogP contribution in [-0.2, 0) is 9.59 Å². The van der Waals surface area contributed by atoms with E-state index in [4.69, 9.17) is 0 Å². The average Bonchev–Trinajstić information content (AvgIpc) is 2.59. The van der Waals surface area contributed by atoms with Gasteiger partial charge in [0, 0.05) is 19.4 Å². The minimum atomic E-state index is 0.223. The Morgan fingerprint density at radius 1 is 0.600 bits per heavy atom. The highest BCUT2D eigenvalue weighted by atomic mass is 16.1. The summed E-state index contributed by atoms with van der Waals surface area (Å²) in [5.74, 6) is 0.554. The van der Waals surface area contributed by atoms with Crippen molar-refractivity contribution >= 4 is 11.7 Å². The number of carbonyl (C=O) groups is 2.